The first-order valence-corrected chi connectivity index (χ1v) is 9.30. The molecule has 1 saturated carbocycles. The van der Waals surface area contributed by atoms with Gasteiger partial charge in [0.1, 0.15) is 5.82 Å². The maximum absolute atomic E-state index is 14.3. The highest BCUT2D eigenvalue weighted by Gasteiger charge is 2.31. The molecule has 2 atom stereocenters. The van der Waals surface area contributed by atoms with Crippen molar-refractivity contribution in [3.8, 4) is 11.1 Å². The van der Waals surface area contributed by atoms with Crippen LogP contribution < -0.4 is 5.32 Å². The fourth-order valence-electron chi connectivity index (χ4n) is 3.77. The van der Waals surface area contributed by atoms with Crippen LogP contribution in [0.25, 0.3) is 11.1 Å². The Morgan fingerprint density at radius 2 is 1.82 bits per heavy atom. The van der Waals surface area contributed by atoms with Gasteiger partial charge in [-0.15, -0.1) is 0 Å². The highest BCUT2D eigenvalue weighted by molar-refractivity contribution is 5.66. The van der Waals surface area contributed by atoms with E-state index in [0.717, 1.165) is 31.4 Å². The summed E-state index contributed by atoms with van der Waals surface area (Å²) in [6.45, 7) is 1.70. The zero-order valence-corrected chi connectivity index (χ0v) is 16.1. The van der Waals surface area contributed by atoms with Gasteiger partial charge in [-0.3, -0.25) is 0 Å². The second-order valence-electron chi connectivity index (χ2n) is 7.45. The van der Waals surface area contributed by atoms with Gasteiger partial charge in [0.05, 0.1) is 11.3 Å². The normalized spacial score (nSPS) is 20.4. The van der Waals surface area contributed by atoms with Gasteiger partial charge in [-0.25, -0.2) is 14.4 Å². The lowest BCUT2D eigenvalue weighted by molar-refractivity contribution is -0.137. The Hall–Kier alpha value is -2.22. The summed E-state index contributed by atoms with van der Waals surface area (Å²) in [6.07, 6.45) is 1.31. The van der Waals surface area contributed by atoms with Gasteiger partial charge in [0.15, 0.2) is 0 Å². The zero-order chi connectivity index (χ0) is 20.5. The largest absolute Gasteiger partial charge is 0.416 e. The molecular weight excluding hydrogens is 372 g/mol. The van der Waals surface area contributed by atoms with E-state index in [0.29, 0.717) is 29.3 Å². The smallest absolute Gasteiger partial charge is 0.350 e. The molecular formula is C20H24F4N4. The van der Waals surface area contributed by atoms with Crippen LogP contribution in [0.3, 0.4) is 0 Å². The van der Waals surface area contributed by atoms with Crippen LogP contribution in [0.5, 0.6) is 0 Å². The molecule has 1 aromatic carbocycles. The van der Waals surface area contributed by atoms with E-state index in [1.54, 1.807) is 6.92 Å². The fourth-order valence-corrected chi connectivity index (χ4v) is 3.77. The zero-order valence-electron chi connectivity index (χ0n) is 16.1. The molecule has 0 amide bonds. The topological polar surface area (TPSA) is 41.1 Å². The number of rotatable bonds is 4. The monoisotopic (exact) mass is 396 g/mol. The number of aromatic nitrogens is 2. The number of hydrogen-bond acceptors (Lipinski definition) is 4. The summed E-state index contributed by atoms with van der Waals surface area (Å²) in [6, 6.07) is 3.10. The molecule has 28 heavy (non-hydrogen) atoms. The SMILES string of the molecule is Cc1nc(NC2CCCCC2N(C)C)ncc1-c1ccc(C(F)(F)F)cc1F. The summed E-state index contributed by atoms with van der Waals surface area (Å²) in [5.74, 6) is -0.491. The number of benzene rings is 1. The molecule has 0 saturated heterocycles. The van der Waals surface area contributed by atoms with Gasteiger partial charge in [0.25, 0.3) is 0 Å². The number of anilines is 1. The van der Waals surface area contributed by atoms with Gasteiger partial charge in [0, 0.05) is 29.4 Å². The van der Waals surface area contributed by atoms with Crippen molar-refractivity contribution >= 4 is 5.95 Å². The van der Waals surface area contributed by atoms with E-state index in [-0.39, 0.29) is 11.6 Å². The lowest BCUT2D eigenvalue weighted by Crippen LogP contribution is -2.45. The van der Waals surface area contributed by atoms with Gasteiger partial charge in [-0.05, 0) is 46.0 Å². The Morgan fingerprint density at radius 1 is 1.11 bits per heavy atom. The van der Waals surface area contributed by atoms with Crippen LogP contribution in [0.4, 0.5) is 23.5 Å². The number of nitrogens with zero attached hydrogens (tertiary/aromatic N) is 3. The summed E-state index contributed by atoms with van der Waals surface area (Å²) in [4.78, 5) is 10.9. The Labute approximate surface area is 162 Å². The summed E-state index contributed by atoms with van der Waals surface area (Å²) in [5, 5.41) is 3.37. The fraction of sp³-hybridized carbons (Fsp3) is 0.500. The second-order valence-corrected chi connectivity index (χ2v) is 7.45. The lowest BCUT2D eigenvalue weighted by atomic mass is 9.89. The molecule has 2 unspecified atom stereocenters. The molecule has 1 aliphatic carbocycles. The van der Waals surface area contributed by atoms with E-state index in [2.05, 4.69) is 20.2 Å². The minimum atomic E-state index is -4.58. The van der Waals surface area contributed by atoms with Crippen molar-refractivity contribution < 1.29 is 17.6 Å². The van der Waals surface area contributed by atoms with Crippen molar-refractivity contribution in [1.82, 2.24) is 14.9 Å². The molecule has 0 bridgehead atoms. The Balaban J connectivity index is 1.83. The summed E-state index contributed by atoms with van der Waals surface area (Å²) >= 11 is 0. The number of nitrogens with one attached hydrogen (secondary N) is 1. The summed E-state index contributed by atoms with van der Waals surface area (Å²) < 4.78 is 52.5. The van der Waals surface area contributed by atoms with Crippen molar-refractivity contribution in [1.29, 1.82) is 0 Å². The van der Waals surface area contributed by atoms with Gasteiger partial charge >= 0.3 is 6.18 Å². The van der Waals surface area contributed by atoms with E-state index in [4.69, 9.17) is 0 Å². The molecule has 1 aromatic heterocycles. The number of alkyl halides is 3. The summed E-state index contributed by atoms with van der Waals surface area (Å²) in [5.41, 5.74) is -0.0727. The van der Waals surface area contributed by atoms with Crippen LogP contribution in [0.1, 0.15) is 36.9 Å². The van der Waals surface area contributed by atoms with Crippen LogP contribution in [0, 0.1) is 12.7 Å². The van der Waals surface area contributed by atoms with Gasteiger partial charge in [0.2, 0.25) is 5.95 Å². The van der Waals surface area contributed by atoms with Gasteiger partial charge < -0.3 is 10.2 Å². The van der Waals surface area contributed by atoms with E-state index in [1.165, 1.54) is 12.6 Å². The predicted molar refractivity (Wildman–Crippen MR) is 101 cm³/mol. The average molecular weight is 396 g/mol. The molecule has 0 spiro atoms. The average Bonchev–Trinajstić information content (AvgIpc) is 2.62. The minimum Gasteiger partial charge on any atom is -0.350 e. The van der Waals surface area contributed by atoms with E-state index < -0.39 is 17.6 Å². The molecule has 152 valence electrons. The van der Waals surface area contributed by atoms with Crippen LogP contribution >= 0.6 is 0 Å². The number of halogens is 4. The van der Waals surface area contributed by atoms with Crippen molar-refractivity contribution in [2.45, 2.75) is 50.9 Å². The highest BCUT2D eigenvalue weighted by Crippen LogP contribution is 2.33. The van der Waals surface area contributed by atoms with Crippen molar-refractivity contribution in [2.24, 2.45) is 0 Å². The molecule has 1 N–H and O–H groups in total. The van der Waals surface area contributed by atoms with Crippen LogP contribution in [0.15, 0.2) is 24.4 Å². The van der Waals surface area contributed by atoms with Crippen molar-refractivity contribution in [3.05, 3.63) is 41.5 Å². The second kappa shape index (κ2) is 8.03. The maximum atomic E-state index is 14.3. The van der Waals surface area contributed by atoms with Crippen LogP contribution in [0.2, 0.25) is 0 Å². The first-order valence-electron chi connectivity index (χ1n) is 9.30. The first kappa shape index (κ1) is 20.5. The number of likely N-dealkylation sites (N-methyl/N-ethyl adjacent to an activating group) is 1. The predicted octanol–water partition coefficient (Wildman–Crippen LogP) is 4.89. The molecule has 1 fully saturated rings. The van der Waals surface area contributed by atoms with Crippen molar-refractivity contribution in [3.63, 3.8) is 0 Å². The molecule has 0 aliphatic heterocycles. The highest BCUT2D eigenvalue weighted by atomic mass is 19.4. The number of hydrogen-bond donors (Lipinski definition) is 1. The third-order valence-corrected chi connectivity index (χ3v) is 5.27. The van der Waals surface area contributed by atoms with E-state index in [9.17, 15) is 17.6 Å². The van der Waals surface area contributed by atoms with Crippen molar-refractivity contribution in [2.75, 3.05) is 19.4 Å². The third kappa shape index (κ3) is 4.43. The summed E-state index contributed by atoms with van der Waals surface area (Å²) in [7, 11) is 4.10. The molecule has 8 heteroatoms. The first-order chi connectivity index (χ1) is 13.2. The molecule has 4 nitrogen and oxygen atoms in total. The van der Waals surface area contributed by atoms with E-state index >= 15 is 0 Å². The van der Waals surface area contributed by atoms with Gasteiger partial charge in [-0.2, -0.15) is 13.2 Å². The van der Waals surface area contributed by atoms with Crippen LogP contribution in [-0.4, -0.2) is 41.0 Å². The van der Waals surface area contributed by atoms with Crippen LogP contribution in [-0.2, 0) is 6.18 Å². The molecule has 3 rings (SSSR count). The molecule has 1 aliphatic rings. The lowest BCUT2D eigenvalue weighted by Gasteiger charge is -2.36. The molecule has 1 heterocycles. The standard InChI is InChI=1S/C20H24F4N4/c1-12-15(14-9-8-13(10-16(14)21)20(22,23)24)11-25-19(26-12)27-17-6-4-5-7-18(17)28(2)3/h8-11,17-18H,4-7H2,1-3H3,(H,25,26,27). The minimum absolute atomic E-state index is 0.0564. The Bertz CT molecular complexity index is 835. The quantitative estimate of drug-likeness (QED) is 0.747. The van der Waals surface area contributed by atoms with E-state index in [1.807, 2.05) is 14.1 Å². The molecule has 0 radical (unpaired) electrons. The Kier molecular flexibility index (Phi) is 5.88. The third-order valence-electron chi connectivity index (χ3n) is 5.27. The Morgan fingerprint density at radius 3 is 2.43 bits per heavy atom. The number of aryl methyl sites for hydroxylation is 1. The maximum Gasteiger partial charge on any atom is 0.416 e. The molecule has 2 aromatic rings. The van der Waals surface area contributed by atoms with Gasteiger partial charge in [-0.1, -0.05) is 18.9 Å².